The summed E-state index contributed by atoms with van der Waals surface area (Å²) in [5.41, 5.74) is 2.64. The summed E-state index contributed by atoms with van der Waals surface area (Å²) in [6.07, 6.45) is 0.853. The van der Waals surface area contributed by atoms with Gasteiger partial charge in [-0.15, -0.1) is 10.2 Å². The number of aryl methyl sites for hydroxylation is 1. The Bertz CT molecular complexity index is 1070. The van der Waals surface area contributed by atoms with Gasteiger partial charge in [-0.05, 0) is 48.9 Å². The normalized spacial score (nSPS) is 13.0. The van der Waals surface area contributed by atoms with Gasteiger partial charge in [0.1, 0.15) is 0 Å². The molecule has 0 unspecified atom stereocenters. The number of ether oxygens (including phenoxy) is 2. The molecule has 0 bridgehead atoms. The van der Waals surface area contributed by atoms with Crippen molar-refractivity contribution in [2.24, 2.45) is 7.05 Å². The number of carbonyl (C=O) groups excluding carboxylic acids is 1. The van der Waals surface area contributed by atoms with E-state index in [9.17, 15) is 4.79 Å². The average Bonchev–Trinajstić information content (AvgIpc) is 2.93. The van der Waals surface area contributed by atoms with E-state index in [-0.39, 0.29) is 11.7 Å². The summed E-state index contributed by atoms with van der Waals surface area (Å²) >= 11 is 7.19. The number of halogens is 1. The molecular weight excluding hydrogens is 424 g/mol. The number of nitrogens with zero attached hydrogens (tertiary/aromatic N) is 3. The third-order valence-electron chi connectivity index (χ3n) is 4.63. The second-order valence-corrected chi connectivity index (χ2v) is 8.25. The number of nitrogens with one attached hydrogen (secondary N) is 1. The fraction of sp³-hybridized carbons (Fsp3) is 0.286. The Kier molecular flexibility index (Phi) is 6.15. The molecule has 0 saturated heterocycles. The van der Waals surface area contributed by atoms with Crippen molar-refractivity contribution >= 4 is 35.0 Å². The van der Waals surface area contributed by atoms with Crippen LogP contribution in [0.5, 0.6) is 11.5 Å². The maximum atomic E-state index is 12.3. The Morgan fingerprint density at radius 1 is 1.17 bits per heavy atom. The molecule has 9 heteroatoms. The van der Waals surface area contributed by atoms with Gasteiger partial charge in [0.05, 0.1) is 19.0 Å². The van der Waals surface area contributed by atoms with Gasteiger partial charge < -0.3 is 19.4 Å². The fourth-order valence-corrected chi connectivity index (χ4v) is 3.92. The van der Waals surface area contributed by atoms with E-state index in [0.717, 1.165) is 23.3 Å². The number of rotatable bonds is 5. The molecule has 0 saturated carbocycles. The first-order valence-electron chi connectivity index (χ1n) is 9.49. The number of anilines is 1. The minimum Gasteiger partial charge on any atom is -0.490 e. The molecule has 30 heavy (non-hydrogen) atoms. The molecule has 1 aliphatic rings. The standard InChI is InChI=1S/C21H21ClN4O3S/c1-13-10-17-18(29-9-3-8-28-17)11-16(13)20-24-25-21(26(20)2)30-12-19(27)23-15-6-4-14(22)5-7-15/h4-7,10-11H,3,8-9,12H2,1-2H3,(H,23,27). The van der Waals surface area contributed by atoms with Crippen LogP contribution in [0.25, 0.3) is 11.4 Å². The predicted molar refractivity (Wildman–Crippen MR) is 118 cm³/mol. The van der Waals surface area contributed by atoms with Crippen molar-refractivity contribution in [2.75, 3.05) is 24.3 Å². The topological polar surface area (TPSA) is 78.3 Å². The molecule has 0 spiro atoms. The van der Waals surface area contributed by atoms with Crippen molar-refractivity contribution in [3.63, 3.8) is 0 Å². The lowest BCUT2D eigenvalue weighted by Gasteiger charge is -2.12. The maximum Gasteiger partial charge on any atom is 0.234 e. The first-order valence-corrected chi connectivity index (χ1v) is 10.9. The highest BCUT2D eigenvalue weighted by Gasteiger charge is 2.19. The highest BCUT2D eigenvalue weighted by molar-refractivity contribution is 7.99. The van der Waals surface area contributed by atoms with E-state index in [2.05, 4.69) is 15.5 Å². The highest BCUT2D eigenvalue weighted by Crippen LogP contribution is 2.37. The van der Waals surface area contributed by atoms with Gasteiger partial charge in [-0.25, -0.2) is 0 Å². The van der Waals surface area contributed by atoms with E-state index >= 15 is 0 Å². The third-order valence-corrected chi connectivity index (χ3v) is 5.90. The van der Waals surface area contributed by atoms with E-state index in [0.29, 0.717) is 40.7 Å². The van der Waals surface area contributed by atoms with Crippen LogP contribution in [0.3, 0.4) is 0 Å². The van der Waals surface area contributed by atoms with Gasteiger partial charge in [0.15, 0.2) is 22.5 Å². The van der Waals surface area contributed by atoms with Crippen LogP contribution in [-0.2, 0) is 11.8 Å². The molecule has 0 aliphatic carbocycles. The van der Waals surface area contributed by atoms with Crippen LogP contribution in [0, 0.1) is 6.92 Å². The Hall–Kier alpha value is -2.71. The zero-order chi connectivity index (χ0) is 21.1. The predicted octanol–water partition coefficient (Wildman–Crippen LogP) is 4.34. The van der Waals surface area contributed by atoms with E-state index in [1.807, 2.05) is 30.7 Å². The monoisotopic (exact) mass is 444 g/mol. The molecule has 7 nitrogen and oxygen atoms in total. The third kappa shape index (κ3) is 4.55. The number of amides is 1. The molecular formula is C21H21ClN4O3S. The lowest BCUT2D eigenvalue weighted by molar-refractivity contribution is -0.113. The zero-order valence-corrected chi connectivity index (χ0v) is 18.2. The lowest BCUT2D eigenvalue weighted by atomic mass is 10.1. The smallest absolute Gasteiger partial charge is 0.234 e. The van der Waals surface area contributed by atoms with Crippen LogP contribution in [0.2, 0.25) is 5.02 Å². The van der Waals surface area contributed by atoms with E-state index < -0.39 is 0 Å². The number of hydrogen-bond acceptors (Lipinski definition) is 6. The molecule has 3 aromatic rings. The molecule has 1 aliphatic heterocycles. The number of benzene rings is 2. The van der Waals surface area contributed by atoms with E-state index in [4.69, 9.17) is 21.1 Å². The van der Waals surface area contributed by atoms with Crippen molar-refractivity contribution in [1.29, 1.82) is 0 Å². The van der Waals surface area contributed by atoms with Crippen LogP contribution in [0.15, 0.2) is 41.6 Å². The Balaban J connectivity index is 1.47. The van der Waals surface area contributed by atoms with Gasteiger partial charge >= 0.3 is 0 Å². The quantitative estimate of drug-likeness (QED) is 0.590. The molecule has 2 aromatic carbocycles. The summed E-state index contributed by atoms with van der Waals surface area (Å²) in [4.78, 5) is 12.3. The van der Waals surface area contributed by atoms with Crippen LogP contribution < -0.4 is 14.8 Å². The number of carbonyl (C=O) groups is 1. The van der Waals surface area contributed by atoms with Crippen LogP contribution >= 0.6 is 23.4 Å². The van der Waals surface area contributed by atoms with Crippen molar-refractivity contribution in [3.05, 3.63) is 47.0 Å². The van der Waals surface area contributed by atoms with Crippen molar-refractivity contribution in [1.82, 2.24) is 14.8 Å². The van der Waals surface area contributed by atoms with Crippen LogP contribution in [-0.4, -0.2) is 39.6 Å². The first kappa shape index (κ1) is 20.6. The van der Waals surface area contributed by atoms with Gasteiger partial charge in [-0.3, -0.25) is 4.79 Å². The molecule has 1 aromatic heterocycles. The summed E-state index contributed by atoms with van der Waals surface area (Å²) in [6.45, 7) is 3.28. The Morgan fingerprint density at radius 3 is 2.60 bits per heavy atom. The van der Waals surface area contributed by atoms with Crippen molar-refractivity contribution in [2.45, 2.75) is 18.5 Å². The van der Waals surface area contributed by atoms with Gasteiger partial charge in [0.2, 0.25) is 5.91 Å². The van der Waals surface area contributed by atoms with Crippen molar-refractivity contribution < 1.29 is 14.3 Å². The van der Waals surface area contributed by atoms with Gasteiger partial charge in [0, 0.05) is 29.7 Å². The number of thioether (sulfide) groups is 1. The molecule has 0 atom stereocenters. The first-order chi connectivity index (χ1) is 14.5. The second kappa shape index (κ2) is 8.97. The van der Waals surface area contributed by atoms with Crippen LogP contribution in [0.4, 0.5) is 5.69 Å². The van der Waals surface area contributed by atoms with Crippen LogP contribution in [0.1, 0.15) is 12.0 Å². The minimum absolute atomic E-state index is 0.126. The van der Waals surface area contributed by atoms with E-state index in [1.54, 1.807) is 24.3 Å². The van der Waals surface area contributed by atoms with Gasteiger partial charge in [0.25, 0.3) is 0 Å². The molecule has 0 radical (unpaired) electrons. The minimum atomic E-state index is -0.126. The lowest BCUT2D eigenvalue weighted by Crippen LogP contribution is -2.14. The SMILES string of the molecule is Cc1cc2c(cc1-c1nnc(SCC(=O)Nc3ccc(Cl)cc3)n1C)OCCCO2. The fourth-order valence-electron chi connectivity index (χ4n) is 3.09. The Labute approximate surface area is 183 Å². The zero-order valence-electron chi connectivity index (χ0n) is 16.6. The summed E-state index contributed by atoms with van der Waals surface area (Å²) < 4.78 is 13.4. The maximum absolute atomic E-state index is 12.3. The van der Waals surface area contributed by atoms with E-state index in [1.165, 1.54) is 11.8 Å². The van der Waals surface area contributed by atoms with Gasteiger partial charge in [-0.1, -0.05) is 23.4 Å². The summed E-state index contributed by atoms with van der Waals surface area (Å²) in [5.74, 6) is 2.27. The molecule has 2 heterocycles. The summed E-state index contributed by atoms with van der Waals surface area (Å²) in [5, 5.41) is 12.7. The number of aromatic nitrogens is 3. The molecule has 0 fully saturated rings. The summed E-state index contributed by atoms with van der Waals surface area (Å²) in [7, 11) is 1.89. The number of hydrogen-bond donors (Lipinski definition) is 1. The highest BCUT2D eigenvalue weighted by atomic mass is 35.5. The Morgan fingerprint density at radius 2 is 1.87 bits per heavy atom. The molecule has 4 rings (SSSR count). The molecule has 1 amide bonds. The largest absolute Gasteiger partial charge is 0.490 e. The second-order valence-electron chi connectivity index (χ2n) is 6.87. The molecule has 156 valence electrons. The van der Waals surface area contributed by atoms with Crippen molar-refractivity contribution in [3.8, 4) is 22.9 Å². The summed E-state index contributed by atoms with van der Waals surface area (Å²) in [6, 6.07) is 10.9. The average molecular weight is 445 g/mol. The molecule has 1 N–H and O–H groups in total. The number of fused-ring (bicyclic) bond motifs is 1. The van der Waals surface area contributed by atoms with Gasteiger partial charge in [-0.2, -0.15) is 0 Å².